The van der Waals surface area contributed by atoms with E-state index in [4.69, 9.17) is 5.73 Å². The van der Waals surface area contributed by atoms with E-state index in [1.807, 2.05) is 0 Å². The lowest BCUT2D eigenvalue weighted by Gasteiger charge is -2.29. The predicted molar refractivity (Wildman–Crippen MR) is 62.6 cm³/mol. The molecule has 16 heavy (non-hydrogen) atoms. The number of benzene rings is 1. The molecule has 0 aromatic heterocycles. The summed E-state index contributed by atoms with van der Waals surface area (Å²) >= 11 is 0. The average molecular weight is 222 g/mol. The van der Waals surface area contributed by atoms with Crippen molar-refractivity contribution in [1.82, 2.24) is 5.32 Å². The molecule has 86 valence electrons. The fraction of sp³-hybridized carbons (Fsp3) is 0.400. The van der Waals surface area contributed by atoms with Crippen molar-refractivity contribution >= 4 is 17.1 Å². The van der Waals surface area contributed by atoms with Crippen LogP contribution in [0.3, 0.4) is 0 Å². The second-order valence-corrected chi connectivity index (χ2v) is 3.78. The first-order chi connectivity index (χ1) is 7.66. The molecule has 6 heteroatoms. The summed E-state index contributed by atoms with van der Waals surface area (Å²) in [6, 6.07) is 4.73. The molecular formula is C10H14N4O2. The van der Waals surface area contributed by atoms with Crippen molar-refractivity contribution < 1.29 is 4.92 Å². The summed E-state index contributed by atoms with van der Waals surface area (Å²) in [4.78, 5) is 12.4. The van der Waals surface area contributed by atoms with E-state index in [-0.39, 0.29) is 5.69 Å². The van der Waals surface area contributed by atoms with Crippen LogP contribution in [0.1, 0.15) is 0 Å². The van der Waals surface area contributed by atoms with E-state index in [0.717, 1.165) is 31.9 Å². The molecule has 2 rings (SSSR count). The van der Waals surface area contributed by atoms with E-state index >= 15 is 0 Å². The molecule has 3 N–H and O–H groups in total. The second-order valence-electron chi connectivity index (χ2n) is 3.78. The number of piperazine rings is 1. The van der Waals surface area contributed by atoms with Crippen LogP contribution in [-0.2, 0) is 0 Å². The molecule has 0 saturated carbocycles. The molecule has 0 spiro atoms. The summed E-state index contributed by atoms with van der Waals surface area (Å²) < 4.78 is 0. The van der Waals surface area contributed by atoms with E-state index in [2.05, 4.69) is 10.2 Å². The van der Waals surface area contributed by atoms with Gasteiger partial charge in [0.1, 0.15) is 0 Å². The Morgan fingerprint density at radius 1 is 1.31 bits per heavy atom. The smallest absolute Gasteiger partial charge is 0.273 e. The van der Waals surface area contributed by atoms with Gasteiger partial charge < -0.3 is 16.0 Å². The Labute approximate surface area is 93.2 Å². The number of nitrogen functional groups attached to an aromatic ring is 1. The quantitative estimate of drug-likeness (QED) is 0.434. The number of anilines is 2. The fourth-order valence-corrected chi connectivity index (χ4v) is 1.83. The molecule has 1 aliphatic heterocycles. The van der Waals surface area contributed by atoms with Crippen molar-refractivity contribution in [1.29, 1.82) is 0 Å². The summed E-state index contributed by atoms with van der Waals surface area (Å²) in [5, 5.41) is 13.9. The minimum atomic E-state index is -0.415. The number of nitro benzene ring substituents is 1. The van der Waals surface area contributed by atoms with Crippen LogP contribution >= 0.6 is 0 Å². The van der Waals surface area contributed by atoms with Crippen LogP contribution in [0.15, 0.2) is 18.2 Å². The van der Waals surface area contributed by atoms with Crippen molar-refractivity contribution in [3.63, 3.8) is 0 Å². The molecule has 1 saturated heterocycles. The Morgan fingerprint density at radius 2 is 2.00 bits per heavy atom. The third-order valence-corrected chi connectivity index (χ3v) is 2.62. The number of hydrogen-bond acceptors (Lipinski definition) is 5. The lowest BCUT2D eigenvalue weighted by atomic mass is 10.2. The molecule has 0 radical (unpaired) electrons. The van der Waals surface area contributed by atoms with Crippen molar-refractivity contribution in [3.8, 4) is 0 Å². The van der Waals surface area contributed by atoms with E-state index < -0.39 is 4.92 Å². The number of hydrogen-bond donors (Lipinski definition) is 2. The van der Waals surface area contributed by atoms with E-state index in [1.54, 1.807) is 12.1 Å². The topological polar surface area (TPSA) is 84.4 Å². The molecule has 0 aliphatic carbocycles. The van der Waals surface area contributed by atoms with Gasteiger partial charge in [-0.15, -0.1) is 0 Å². The van der Waals surface area contributed by atoms with Crippen LogP contribution in [-0.4, -0.2) is 31.1 Å². The molecule has 1 aromatic rings. The molecule has 0 atom stereocenters. The van der Waals surface area contributed by atoms with Gasteiger partial charge in [-0.3, -0.25) is 10.1 Å². The van der Waals surface area contributed by atoms with E-state index in [9.17, 15) is 10.1 Å². The summed E-state index contributed by atoms with van der Waals surface area (Å²) in [6.07, 6.45) is 0. The molecule has 0 bridgehead atoms. The first-order valence-corrected chi connectivity index (χ1v) is 5.17. The number of nitrogens with two attached hydrogens (primary N) is 1. The molecule has 1 fully saturated rings. The van der Waals surface area contributed by atoms with Gasteiger partial charge in [0.05, 0.1) is 4.92 Å². The maximum atomic E-state index is 10.7. The minimum absolute atomic E-state index is 0.0496. The highest BCUT2D eigenvalue weighted by Crippen LogP contribution is 2.25. The average Bonchev–Trinajstić information content (AvgIpc) is 2.29. The zero-order chi connectivity index (χ0) is 11.5. The first kappa shape index (κ1) is 10.7. The minimum Gasteiger partial charge on any atom is -0.398 e. The van der Waals surface area contributed by atoms with Crippen LogP contribution in [0.4, 0.5) is 17.1 Å². The van der Waals surface area contributed by atoms with Crippen molar-refractivity contribution in [3.05, 3.63) is 28.3 Å². The number of rotatable bonds is 2. The third-order valence-electron chi connectivity index (χ3n) is 2.62. The molecular weight excluding hydrogens is 208 g/mol. The number of nitrogens with one attached hydrogen (secondary N) is 1. The van der Waals surface area contributed by atoms with Gasteiger partial charge in [0.25, 0.3) is 5.69 Å². The van der Waals surface area contributed by atoms with Crippen LogP contribution in [0.2, 0.25) is 0 Å². The fourth-order valence-electron chi connectivity index (χ4n) is 1.83. The van der Waals surface area contributed by atoms with Gasteiger partial charge in [-0.25, -0.2) is 0 Å². The molecule has 0 unspecified atom stereocenters. The highest BCUT2D eigenvalue weighted by molar-refractivity contribution is 5.62. The number of nitrogens with zero attached hydrogens (tertiary/aromatic N) is 2. The highest BCUT2D eigenvalue weighted by Gasteiger charge is 2.15. The Bertz CT molecular complexity index is 402. The van der Waals surface area contributed by atoms with Crippen LogP contribution < -0.4 is 16.0 Å². The Morgan fingerprint density at radius 3 is 2.62 bits per heavy atom. The Kier molecular flexibility index (Phi) is 2.91. The van der Waals surface area contributed by atoms with E-state index in [1.165, 1.54) is 6.07 Å². The van der Waals surface area contributed by atoms with Gasteiger partial charge in [-0.1, -0.05) is 0 Å². The van der Waals surface area contributed by atoms with Crippen LogP contribution in [0.25, 0.3) is 0 Å². The Hall–Kier alpha value is -1.82. The molecule has 1 aromatic carbocycles. The third kappa shape index (κ3) is 2.22. The molecule has 6 nitrogen and oxygen atoms in total. The normalized spacial score (nSPS) is 16.1. The maximum absolute atomic E-state index is 10.7. The number of non-ortho nitro benzene ring substituents is 1. The maximum Gasteiger partial charge on any atom is 0.273 e. The van der Waals surface area contributed by atoms with Gasteiger partial charge in [-0.05, 0) is 6.07 Å². The standard InChI is InChI=1S/C10H14N4O2/c11-8-5-9(7-10(6-8)14(15)16)13-3-1-12-2-4-13/h5-7,12H,1-4,11H2. The summed E-state index contributed by atoms with van der Waals surface area (Å²) in [5.74, 6) is 0. The van der Waals surface area contributed by atoms with Gasteiger partial charge in [0.15, 0.2) is 0 Å². The SMILES string of the molecule is Nc1cc(N2CCNCC2)cc([N+](=O)[O-])c1. The summed E-state index contributed by atoms with van der Waals surface area (Å²) in [7, 11) is 0. The van der Waals surface area contributed by atoms with Gasteiger partial charge >= 0.3 is 0 Å². The van der Waals surface area contributed by atoms with Crippen molar-refractivity contribution in [2.75, 3.05) is 36.8 Å². The predicted octanol–water partition coefficient (Wildman–Crippen LogP) is 0.587. The van der Waals surface area contributed by atoms with Crippen molar-refractivity contribution in [2.24, 2.45) is 0 Å². The zero-order valence-corrected chi connectivity index (χ0v) is 8.85. The largest absolute Gasteiger partial charge is 0.398 e. The van der Waals surface area contributed by atoms with Crippen LogP contribution in [0, 0.1) is 10.1 Å². The lowest BCUT2D eigenvalue weighted by molar-refractivity contribution is -0.384. The number of nitro groups is 1. The van der Waals surface area contributed by atoms with E-state index in [0.29, 0.717) is 5.69 Å². The monoisotopic (exact) mass is 222 g/mol. The second kappa shape index (κ2) is 4.36. The Balaban J connectivity index is 2.28. The summed E-state index contributed by atoms with van der Waals surface area (Å²) in [5.41, 5.74) is 6.97. The van der Waals surface area contributed by atoms with Gasteiger partial charge in [0.2, 0.25) is 0 Å². The first-order valence-electron chi connectivity index (χ1n) is 5.17. The van der Waals surface area contributed by atoms with Gasteiger partial charge in [-0.2, -0.15) is 0 Å². The van der Waals surface area contributed by atoms with Gasteiger partial charge in [0, 0.05) is 49.7 Å². The zero-order valence-electron chi connectivity index (χ0n) is 8.85. The van der Waals surface area contributed by atoms with Crippen LogP contribution in [0.5, 0.6) is 0 Å². The molecule has 0 amide bonds. The molecule has 1 heterocycles. The lowest BCUT2D eigenvalue weighted by Crippen LogP contribution is -2.43. The molecule has 1 aliphatic rings. The highest BCUT2D eigenvalue weighted by atomic mass is 16.6. The van der Waals surface area contributed by atoms with Crippen molar-refractivity contribution in [2.45, 2.75) is 0 Å². The summed E-state index contributed by atoms with van der Waals surface area (Å²) in [6.45, 7) is 3.48.